The third kappa shape index (κ3) is 13.4. The highest BCUT2D eigenvalue weighted by atomic mass is 16.7. The smallest absolute Gasteiger partial charge is 0.309 e. The molecule has 2 N–H and O–H groups in total. The van der Waals surface area contributed by atoms with Gasteiger partial charge in [-0.15, -0.1) is 0 Å². The van der Waals surface area contributed by atoms with Crippen molar-refractivity contribution in [2.75, 3.05) is 28.3 Å². The Labute approximate surface area is 337 Å². The van der Waals surface area contributed by atoms with E-state index >= 15 is 0 Å². The standard InChI is InChI=1S/C41H67NO15/c1-12-31(46)55-39-26(5)52-33(22-41(39,7)50-11)56-36-25(4)53-40(35(48)34(36)42(8)9)57-37-28(18-19-43)20-23(2)29(45)17-15-13-14-16-24(3)51-32(47)21-30(38(37)49-10)54-27(6)44/h13-15,17,19,23-26,28-30,33-40,45,48H,12,16,18,20-22H2,1-11H3/b14-13+,17-15+/t23-,24-,25-,26+,28+,29+,30-,33+,34-,35-,36-,37+,38+,39+,40+,41-/m1/s1. The van der Waals surface area contributed by atoms with Crippen LogP contribution in [0.5, 0.6) is 0 Å². The lowest BCUT2D eigenvalue weighted by atomic mass is 9.82. The van der Waals surface area contributed by atoms with Gasteiger partial charge in [0.05, 0.1) is 36.9 Å². The molecule has 16 atom stereocenters. The van der Waals surface area contributed by atoms with Crippen molar-refractivity contribution in [1.82, 2.24) is 4.90 Å². The zero-order chi connectivity index (χ0) is 42.6. The molecule has 57 heavy (non-hydrogen) atoms. The molecule has 0 aromatic rings. The molecule has 16 heteroatoms. The number of allylic oxidation sites excluding steroid dienone is 2. The second-order valence-corrected chi connectivity index (χ2v) is 15.9. The quantitative estimate of drug-likeness (QED) is 0.166. The predicted molar refractivity (Wildman–Crippen MR) is 205 cm³/mol. The van der Waals surface area contributed by atoms with E-state index in [2.05, 4.69) is 0 Å². The van der Waals surface area contributed by atoms with E-state index in [4.69, 9.17) is 42.6 Å². The summed E-state index contributed by atoms with van der Waals surface area (Å²) in [5, 5.41) is 23.2. The molecule has 0 radical (unpaired) electrons. The van der Waals surface area contributed by atoms with Gasteiger partial charge in [0.15, 0.2) is 18.7 Å². The second-order valence-electron chi connectivity index (χ2n) is 15.9. The van der Waals surface area contributed by atoms with Crippen LogP contribution < -0.4 is 0 Å². The number of carbonyl (C=O) groups is 4. The summed E-state index contributed by atoms with van der Waals surface area (Å²) in [6.45, 7) is 11.8. The Kier molecular flexibility index (Phi) is 19.2. The van der Waals surface area contributed by atoms with Crippen molar-refractivity contribution in [3.63, 3.8) is 0 Å². The number of esters is 3. The molecule has 3 aliphatic heterocycles. The van der Waals surface area contributed by atoms with Crippen molar-refractivity contribution in [2.45, 2.75) is 172 Å². The van der Waals surface area contributed by atoms with E-state index in [1.165, 1.54) is 21.1 Å². The first-order chi connectivity index (χ1) is 26.9. The van der Waals surface area contributed by atoms with Gasteiger partial charge >= 0.3 is 17.9 Å². The van der Waals surface area contributed by atoms with Gasteiger partial charge in [0.25, 0.3) is 0 Å². The number of carbonyl (C=O) groups excluding carboxylic acids is 4. The van der Waals surface area contributed by atoms with E-state index in [9.17, 15) is 29.4 Å². The highest BCUT2D eigenvalue weighted by Gasteiger charge is 2.53. The third-order valence-electron chi connectivity index (χ3n) is 11.1. The minimum absolute atomic E-state index is 0.0648. The van der Waals surface area contributed by atoms with Gasteiger partial charge < -0.3 is 62.5 Å². The fraction of sp³-hybridized carbons (Fsp3) is 0.805. The van der Waals surface area contributed by atoms with Gasteiger partial charge in [0.1, 0.15) is 42.4 Å². The van der Waals surface area contributed by atoms with Crippen molar-refractivity contribution in [3.05, 3.63) is 24.3 Å². The molecular weight excluding hydrogens is 746 g/mol. The van der Waals surface area contributed by atoms with Gasteiger partial charge in [-0.05, 0) is 60.0 Å². The molecular formula is C41H67NO15. The Balaban J connectivity index is 2.01. The summed E-state index contributed by atoms with van der Waals surface area (Å²) in [7, 11) is 6.45. The average Bonchev–Trinajstić information content (AvgIpc) is 3.13. The van der Waals surface area contributed by atoms with Gasteiger partial charge in [-0.25, -0.2) is 0 Å². The minimum Gasteiger partial charge on any atom is -0.462 e. The summed E-state index contributed by atoms with van der Waals surface area (Å²) >= 11 is 0. The molecule has 2 saturated heterocycles. The monoisotopic (exact) mass is 813 g/mol. The number of nitrogens with zero attached hydrogens (tertiary/aromatic N) is 1. The van der Waals surface area contributed by atoms with Crippen LogP contribution >= 0.6 is 0 Å². The molecule has 0 aliphatic carbocycles. The number of cyclic esters (lactones) is 1. The zero-order valence-electron chi connectivity index (χ0n) is 35.4. The number of hydrogen-bond donors (Lipinski definition) is 2. The first-order valence-corrected chi connectivity index (χ1v) is 19.9. The van der Waals surface area contributed by atoms with E-state index < -0.39 is 115 Å². The van der Waals surface area contributed by atoms with Crippen molar-refractivity contribution in [3.8, 4) is 0 Å². The van der Waals surface area contributed by atoms with Crippen LogP contribution in [-0.4, -0.2) is 153 Å². The lowest BCUT2D eigenvalue weighted by Gasteiger charge is -2.51. The van der Waals surface area contributed by atoms with E-state index in [1.807, 2.05) is 19.9 Å². The number of aliphatic hydroxyl groups excluding tert-OH is 2. The average molecular weight is 814 g/mol. The van der Waals surface area contributed by atoms with Gasteiger partial charge in [-0.2, -0.15) is 0 Å². The number of likely N-dealkylation sites (N-methyl/N-ethyl adjacent to an activating group) is 1. The Morgan fingerprint density at radius 3 is 2.30 bits per heavy atom. The van der Waals surface area contributed by atoms with Gasteiger partial charge in [-0.3, -0.25) is 14.4 Å². The third-order valence-corrected chi connectivity index (χ3v) is 11.1. The highest BCUT2D eigenvalue weighted by molar-refractivity contribution is 5.72. The number of aldehydes is 1. The van der Waals surface area contributed by atoms with Crippen LogP contribution in [0, 0.1) is 11.8 Å². The summed E-state index contributed by atoms with van der Waals surface area (Å²) in [5.74, 6) is -2.79. The Morgan fingerprint density at radius 1 is 1.00 bits per heavy atom. The maximum atomic E-state index is 13.2. The largest absolute Gasteiger partial charge is 0.462 e. The van der Waals surface area contributed by atoms with E-state index in [1.54, 1.807) is 64.9 Å². The first kappa shape index (κ1) is 48.6. The summed E-state index contributed by atoms with van der Waals surface area (Å²) in [4.78, 5) is 52.0. The Bertz CT molecular complexity index is 1360. The maximum absolute atomic E-state index is 13.2. The molecule has 3 rings (SSSR count). The molecule has 0 spiro atoms. The molecule has 326 valence electrons. The van der Waals surface area contributed by atoms with E-state index in [-0.39, 0.29) is 31.7 Å². The van der Waals surface area contributed by atoms with E-state index in [0.717, 1.165) is 6.29 Å². The molecule has 16 nitrogen and oxygen atoms in total. The fourth-order valence-corrected chi connectivity index (χ4v) is 7.96. The van der Waals surface area contributed by atoms with Crippen molar-refractivity contribution in [1.29, 1.82) is 0 Å². The molecule has 0 unspecified atom stereocenters. The van der Waals surface area contributed by atoms with Crippen molar-refractivity contribution in [2.24, 2.45) is 11.8 Å². The first-order valence-electron chi connectivity index (χ1n) is 19.9. The van der Waals surface area contributed by atoms with Crippen LogP contribution in [-0.2, 0) is 61.8 Å². The minimum atomic E-state index is -1.36. The lowest BCUT2D eigenvalue weighted by Crippen LogP contribution is -2.66. The van der Waals surface area contributed by atoms with Crippen molar-refractivity contribution >= 4 is 24.2 Å². The summed E-state index contributed by atoms with van der Waals surface area (Å²) < 4.78 is 54.7. The normalized spacial score (nSPS) is 41.1. The van der Waals surface area contributed by atoms with Crippen molar-refractivity contribution < 1.29 is 72.0 Å². The predicted octanol–water partition coefficient (Wildman–Crippen LogP) is 3.03. The van der Waals surface area contributed by atoms with Crippen LogP contribution in [0.15, 0.2) is 24.3 Å². The second kappa shape index (κ2) is 22.5. The van der Waals surface area contributed by atoms with Crippen LogP contribution in [0.4, 0.5) is 0 Å². The molecule has 3 heterocycles. The number of aliphatic hydroxyl groups is 2. The zero-order valence-corrected chi connectivity index (χ0v) is 35.4. The number of ether oxygens (including phenoxy) is 9. The molecule has 3 aliphatic rings. The Hall–Kier alpha value is -2.80. The molecule has 0 bridgehead atoms. The molecule has 0 amide bonds. The molecule has 2 fully saturated rings. The topological polar surface area (TPSA) is 195 Å². The molecule has 0 saturated carbocycles. The number of hydrogen-bond acceptors (Lipinski definition) is 16. The van der Waals surface area contributed by atoms with Crippen LogP contribution in [0.2, 0.25) is 0 Å². The van der Waals surface area contributed by atoms with E-state index in [0.29, 0.717) is 6.42 Å². The Morgan fingerprint density at radius 2 is 1.70 bits per heavy atom. The molecule has 0 aromatic heterocycles. The molecule has 0 aromatic carbocycles. The van der Waals surface area contributed by atoms with Crippen LogP contribution in [0.3, 0.4) is 0 Å². The number of methoxy groups -OCH3 is 2. The highest BCUT2D eigenvalue weighted by Crippen LogP contribution is 2.39. The maximum Gasteiger partial charge on any atom is 0.309 e. The van der Waals surface area contributed by atoms with Gasteiger partial charge in [0.2, 0.25) is 0 Å². The van der Waals surface area contributed by atoms with Crippen LogP contribution in [0.25, 0.3) is 0 Å². The summed E-state index contributed by atoms with van der Waals surface area (Å²) in [6, 6.07) is -0.738. The van der Waals surface area contributed by atoms with Gasteiger partial charge in [-0.1, -0.05) is 38.2 Å². The SMILES string of the molecule is CCC(=O)O[C@H]1[C@H](C)O[C@@H](O[C@H]2[C@H](N(C)C)[C@@H](O)[C@H](O[C@H]3[C@@H](CC=O)C[C@@H](C)[C@@H](O)/C=C/C=C/C[C@@H](C)OC(=O)C[C@@H](OC(C)=O)[C@@H]3OC)O[C@@H]2C)C[C@@]1(C)OC. The summed E-state index contributed by atoms with van der Waals surface area (Å²) in [6.07, 6.45) is -3.02. The lowest BCUT2D eigenvalue weighted by molar-refractivity contribution is -0.345. The van der Waals surface area contributed by atoms with Gasteiger partial charge in [0, 0.05) is 46.8 Å². The number of rotatable bonds is 12. The summed E-state index contributed by atoms with van der Waals surface area (Å²) in [5.41, 5.74) is -0.948. The fourth-order valence-electron chi connectivity index (χ4n) is 7.96. The van der Waals surface area contributed by atoms with Crippen LogP contribution in [0.1, 0.15) is 87.0 Å².